The maximum atomic E-state index is 12.6. The van der Waals surface area contributed by atoms with Crippen LogP contribution in [0.2, 0.25) is 0 Å². The van der Waals surface area contributed by atoms with Crippen LogP contribution in [0.25, 0.3) is 0 Å². The average molecular weight is 290 g/mol. The molecule has 0 aromatic rings. The van der Waals surface area contributed by atoms with Gasteiger partial charge in [0.25, 0.3) is 0 Å². The van der Waals surface area contributed by atoms with Gasteiger partial charge in [0.15, 0.2) is 11.6 Å². The van der Waals surface area contributed by atoms with Crippen LogP contribution < -0.4 is 0 Å². The summed E-state index contributed by atoms with van der Waals surface area (Å²) in [6.45, 7) is 11.0. The Morgan fingerprint density at radius 1 is 1.14 bits per heavy atom. The Morgan fingerprint density at radius 2 is 1.71 bits per heavy atom. The Morgan fingerprint density at radius 3 is 2.19 bits per heavy atom. The lowest BCUT2D eigenvalue weighted by Crippen LogP contribution is -2.30. The van der Waals surface area contributed by atoms with Crippen LogP contribution in [-0.2, 0) is 9.59 Å². The first-order valence-electron chi connectivity index (χ1n) is 7.47. The van der Waals surface area contributed by atoms with Crippen LogP contribution in [0.3, 0.4) is 0 Å². The Hall–Kier alpha value is -1.48. The minimum absolute atomic E-state index is 0.123. The zero-order chi connectivity index (χ0) is 16.4. The molecule has 0 amide bonds. The highest BCUT2D eigenvalue weighted by Crippen LogP contribution is 2.38. The molecule has 0 spiro atoms. The molecule has 0 unspecified atom stereocenters. The number of rotatable bonds is 5. The summed E-state index contributed by atoms with van der Waals surface area (Å²) in [7, 11) is 0. The smallest absolute Gasteiger partial charge is 0.187 e. The van der Waals surface area contributed by atoms with Gasteiger partial charge < -0.3 is 5.11 Å². The van der Waals surface area contributed by atoms with E-state index in [1.165, 1.54) is 5.57 Å². The third kappa shape index (κ3) is 3.41. The number of hydrogen-bond acceptors (Lipinski definition) is 3. The molecule has 1 aliphatic carbocycles. The highest BCUT2D eigenvalue weighted by atomic mass is 16.3. The number of ketones is 2. The summed E-state index contributed by atoms with van der Waals surface area (Å²) in [6.07, 6.45) is 4.11. The summed E-state index contributed by atoms with van der Waals surface area (Å²) in [6, 6.07) is 0. The standard InChI is InChI=1S/C18H26O3/c1-7-8-11(2)9-18(5,6)15-13(4)16(20)14(10-19)12(3)17(15)21/h9,19H,7-8,10H2,1-6H3/b11-9+. The molecule has 1 N–H and O–H groups in total. The van der Waals surface area contributed by atoms with Gasteiger partial charge >= 0.3 is 0 Å². The van der Waals surface area contributed by atoms with E-state index in [9.17, 15) is 14.7 Å². The summed E-state index contributed by atoms with van der Waals surface area (Å²) in [5.41, 5.74) is 2.35. The fourth-order valence-corrected chi connectivity index (χ4v) is 3.13. The van der Waals surface area contributed by atoms with Gasteiger partial charge in [0, 0.05) is 27.7 Å². The lowest BCUT2D eigenvalue weighted by molar-refractivity contribution is -0.117. The Kier molecular flexibility index (Phi) is 5.46. The summed E-state index contributed by atoms with van der Waals surface area (Å²) in [4.78, 5) is 25.0. The van der Waals surface area contributed by atoms with Crippen LogP contribution in [0.5, 0.6) is 0 Å². The largest absolute Gasteiger partial charge is 0.392 e. The second-order valence-corrected chi connectivity index (χ2v) is 6.38. The van der Waals surface area contributed by atoms with Crippen molar-refractivity contribution in [1.82, 2.24) is 0 Å². The van der Waals surface area contributed by atoms with E-state index in [1.807, 2.05) is 13.8 Å². The molecule has 0 aromatic heterocycles. The second kappa shape index (κ2) is 6.52. The lowest BCUT2D eigenvalue weighted by Gasteiger charge is -2.30. The summed E-state index contributed by atoms with van der Waals surface area (Å²) in [5, 5.41) is 9.31. The predicted octanol–water partition coefficient (Wildman–Crippen LogP) is 3.54. The zero-order valence-corrected chi connectivity index (χ0v) is 14.0. The molecule has 0 saturated heterocycles. The number of Topliss-reactive ketones (excluding diaryl/α,β-unsaturated/α-hetero) is 2. The van der Waals surface area contributed by atoms with Crippen LogP contribution in [-0.4, -0.2) is 23.3 Å². The molecule has 3 nitrogen and oxygen atoms in total. The SMILES string of the molecule is CCC/C(C)=C/C(C)(C)C1=C(C)C(=O)C(CO)=C(C)C1=O. The van der Waals surface area contributed by atoms with Gasteiger partial charge in [-0.2, -0.15) is 0 Å². The van der Waals surface area contributed by atoms with E-state index in [0.717, 1.165) is 12.8 Å². The third-order valence-electron chi connectivity index (χ3n) is 4.06. The van der Waals surface area contributed by atoms with Gasteiger partial charge in [-0.3, -0.25) is 9.59 Å². The molecule has 0 bridgehead atoms. The maximum Gasteiger partial charge on any atom is 0.187 e. The fourth-order valence-electron chi connectivity index (χ4n) is 3.13. The topological polar surface area (TPSA) is 54.4 Å². The number of allylic oxidation sites excluding steroid dienone is 5. The van der Waals surface area contributed by atoms with E-state index in [1.54, 1.807) is 13.8 Å². The van der Waals surface area contributed by atoms with Crippen LogP contribution in [0.15, 0.2) is 33.9 Å². The molecule has 0 heterocycles. The lowest BCUT2D eigenvalue weighted by atomic mass is 9.72. The van der Waals surface area contributed by atoms with Gasteiger partial charge in [-0.15, -0.1) is 0 Å². The van der Waals surface area contributed by atoms with E-state index in [4.69, 9.17) is 0 Å². The van der Waals surface area contributed by atoms with Gasteiger partial charge in [-0.25, -0.2) is 0 Å². The van der Waals surface area contributed by atoms with Gasteiger partial charge in [-0.05, 0) is 27.2 Å². The molecule has 0 fully saturated rings. The molecule has 0 aromatic carbocycles. The van der Waals surface area contributed by atoms with E-state index in [-0.39, 0.29) is 23.7 Å². The third-order valence-corrected chi connectivity index (χ3v) is 4.06. The van der Waals surface area contributed by atoms with Crippen LogP contribution in [0.1, 0.15) is 54.4 Å². The normalized spacial score (nSPS) is 18.0. The van der Waals surface area contributed by atoms with Crippen LogP contribution in [0.4, 0.5) is 0 Å². The van der Waals surface area contributed by atoms with Crippen LogP contribution >= 0.6 is 0 Å². The van der Waals surface area contributed by atoms with Crippen molar-refractivity contribution in [3.05, 3.63) is 33.9 Å². The van der Waals surface area contributed by atoms with Gasteiger partial charge in [0.2, 0.25) is 0 Å². The number of aliphatic hydroxyl groups excluding tert-OH is 1. The molecule has 0 radical (unpaired) electrons. The number of carbonyl (C=O) groups excluding carboxylic acids is 2. The van der Waals surface area contributed by atoms with E-state index in [2.05, 4.69) is 19.9 Å². The molecular formula is C18H26O3. The summed E-state index contributed by atoms with van der Waals surface area (Å²) < 4.78 is 0. The molecule has 0 saturated carbocycles. The van der Waals surface area contributed by atoms with Gasteiger partial charge in [0.05, 0.1) is 6.61 Å². The molecule has 1 rings (SSSR count). The fraction of sp³-hybridized carbons (Fsp3) is 0.556. The first-order valence-corrected chi connectivity index (χ1v) is 7.47. The van der Waals surface area contributed by atoms with E-state index < -0.39 is 5.41 Å². The molecule has 1 aliphatic rings. The van der Waals surface area contributed by atoms with Gasteiger partial charge in [0.1, 0.15) is 0 Å². The molecular weight excluding hydrogens is 264 g/mol. The number of hydrogen-bond donors (Lipinski definition) is 1. The van der Waals surface area contributed by atoms with Gasteiger partial charge in [-0.1, -0.05) is 38.8 Å². The highest BCUT2D eigenvalue weighted by molar-refractivity contribution is 6.25. The minimum Gasteiger partial charge on any atom is -0.392 e. The quantitative estimate of drug-likeness (QED) is 0.622. The van der Waals surface area contributed by atoms with Crippen LogP contribution in [0, 0.1) is 5.41 Å². The molecule has 3 heteroatoms. The average Bonchev–Trinajstić information content (AvgIpc) is 2.36. The number of carbonyl (C=O) groups is 2. The van der Waals surface area contributed by atoms with Crippen molar-refractivity contribution in [2.75, 3.05) is 6.61 Å². The van der Waals surface area contributed by atoms with Crippen molar-refractivity contribution >= 4 is 11.6 Å². The molecule has 116 valence electrons. The Labute approximate surface area is 127 Å². The van der Waals surface area contributed by atoms with Crippen molar-refractivity contribution in [2.24, 2.45) is 5.41 Å². The van der Waals surface area contributed by atoms with Crippen molar-refractivity contribution in [1.29, 1.82) is 0 Å². The van der Waals surface area contributed by atoms with Crippen molar-refractivity contribution < 1.29 is 14.7 Å². The van der Waals surface area contributed by atoms with E-state index in [0.29, 0.717) is 16.7 Å². The first kappa shape index (κ1) is 17.6. The van der Waals surface area contributed by atoms with Crippen molar-refractivity contribution in [3.8, 4) is 0 Å². The molecule has 0 aliphatic heterocycles. The molecule has 0 atom stereocenters. The highest BCUT2D eigenvalue weighted by Gasteiger charge is 2.36. The monoisotopic (exact) mass is 290 g/mol. The number of aliphatic hydroxyl groups is 1. The predicted molar refractivity (Wildman–Crippen MR) is 84.9 cm³/mol. The first-order chi connectivity index (χ1) is 9.67. The van der Waals surface area contributed by atoms with Crippen molar-refractivity contribution in [3.63, 3.8) is 0 Å². The second-order valence-electron chi connectivity index (χ2n) is 6.38. The van der Waals surface area contributed by atoms with E-state index >= 15 is 0 Å². The maximum absolute atomic E-state index is 12.6. The summed E-state index contributed by atoms with van der Waals surface area (Å²) in [5.74, 6) is -0.332. The zero-order valence-electron chi connectivity index (χ0n) is 14.0. The van der Waals surface area contributed by atoms with Crippen molar-refractivity contribution in [2.45, 2.75) is 54.4 Å². The Bertz CT molecular complexity index is 557. The Balaban J connectivity index is 3.36. The minimum atomic E-state index is -0.488. The summed E-state index contributed by atoms with van der Waals surface area (Å²) >= 11 is 0. The molecule has 21 heavy (non-hydrogen) atoms.